The number of ether oxygens (including phenoxy) is 2. The van der Waals surface area contributed by atoms with Gasteiger partial charge in [0.25, 0.3) is 0 Å². The molecule has 0 aromatic heterocycles. The van der Waals surface area contributed by atoms with Crippen LogP contribution in [0.2, 0.25) is 0 Å². The third-order valence-electron chi connectivity index (χ3n) is 2.93. The topological polar surface area (TPSA) is 30.5 Å². The van der Waals surface area contributed by atoms with Gasteiger partial charge in [-0.05, 0) is 46.5 Å². The van der Waals surface area contributed by atoms with Crippen molar-refractivity contribution < 1.29 is 9.47 Å². The Kier molecular flexibility index (Phi) is 6.02. The van der Waals surface area contributed by atoms with Crippen molar-refractivity contribution in [1.82, 2.24) is 5.32 Å². The summed E-state index contributed by atoms with van der Waals surface area (Å²) in [6.07, 6.45) is 2.53. The van der Waals surface area contributed by atoms with Crippen LogP contribution in [0.5, 0.6) is 11.5 Å². The molecule has 0 spiro atoms. The molecule has 1 fully saturated rings. The van der Waals surface area contributed by atoms with E-state index in [4.69, 9.17) is 32.7 Å². The molecular weight excluding hydrogens is 365 g/mol. The summed E-state index contributed by atoms with van der Waals surface area (Å²) in [5.41, 5.74) is 2.43. The van der Waals surface area contributed by atoms with E-state index in [2.05, 4.69) is 21.2 Å². The van der Waals surface area contributed by atoms with E-state index in [1.165, 1.54) is 18.4 Å². The molecule has 1 aromatic rings. The maximum absolute atomic E-state index is 5.82. The monoisotopic (exact) mass is 379 g/mol. The van der Waals surface area contributed by atoms with Crippen LogP contribution in [0, 0.1) is 0 Å². The zero-order chi connectivity index (χ0) is 14.5. The number of nitrogens with one attached hydrogen (secondary N) is 1. The normalized spacial score (nSPS) is 15.3. The SMILES string of the molecule is COc1cc(CNC2CC2)cc(Br)c1OCC(Cl)=CCl. The molecule has 3 nitrogen and oxygen atoms in total. The van der Waals surface area contributed by atoms with Crippen LogP contribution in [0.1, 0.15) is 18.4 Å². The molecular formula is C14H16BrCl2NO2. The van der Waals surface area contributed by atoms with Crippen LogP contribution >= 0.6 is 39.1 Å². The van der Waals surface area contributed by atoms with Crippen molar-refractivity contribution in [2.45, 2.75) is 25.4 Å². The highest BCUT2D eigenvalue weighted by atomic mass is 79.9. The number of hydrogen-bond donors (Lipinski definition) is 1. The van der Waals surface area contributed by atoms with Crippen molar-refractivity contribution in [3.8, 4) is 11.5 Å². The van der Waals surface area contributed by atoms with Gasteiger partial charge in [-0.15, -0.1) is 0 Å². The standard InChI is InChI=1S/C14H16BrCl2NO2/c1-19-13-5-9(7-18-11-2-3-11)4-12(15)14(13)20-8-10(17)6-16/h4-6,11,18H,2-3,7-8H2,1H3. The highest BCUT2D eigenvalue weighted by molar-refractivity contribution is 9.10. The number of hydrogen-bond acceptors (Lipinski definition) is 3. The molecule has 6 heteroatoms. The van der Waals surface area contributed by atoms with E-state index in [0.29, 0.717) is 22.6 Å². The molecule has 0 unspecified atom stereocenters. The smallest absolute Gasteiger partial charge is 0.175 e. The summed E-state index contributed by atoms with van der Waals surface area (Å²) in [5.74, 6) is 1.30. The fourth-order valence-electron chi connectivity index (χ4n) is 1.74. The lowest BCUT2D eigenvalue weighted by Gasteiger charge is -2.14. The highest BCUT2D eigenvalue weighted by Crippen LogP contribution is 2.37. The minimum absolute atomic E-state index is 0.208. The van der Waals surface area contributed by atoms with Gasteiger partial charge >= 0.3 is 0 Å². The van der Waals surface area contributed by atoms with Crippen molar-refractivity contribution in [2.24, 2.45) is 0 Å². The van der Waals surface area contributed by atoms with Gasteiger partial charge in [0.15, 0.2) is 11.5 Å². The largest absolute Gasteiger partial charge is 0.493 e. The van der Waals surface area contributed by atoms with E-state index in [1.54, 1.807) is 7.11 Å². The van der Waals surface area contributed by atoms with Gasteiger partial charge in [-0.2, -0.15) is 0 Å². The van der Waals surface area contributed by atoms with Crippen LogP contribution in [-0.4, -0.2) is 19.8 Å². The summed E-state index contributed by atoms with van der Waals surface area (Å²) in [5, 5.41) is 3.90. The first-order valence-electron chi connectivity index (χ1n) is 6.31. The lowest BCUT2D eigenvalue weighted by Crippen LogP contribution is -2.15. The second-order valence-corrected chi connectivity index (χ2v) is 6.17. The Morgan fingerprint density at radius 3 is 2.85 bits per heavy atom. The summed E-state index contributed by atoms with van der Waals surface area (Å²) in [6.45, 7) is 1.03. The number of rotatable bonds is 7. The fourth-order valence-corrected chi connectivity index (χ4v) is 2.46. The lowest BCUT2D eigenvalue weighted by atomic mass is 10.2. The molecule has 0 amide bonds. The first-order chi connectivity index (χ1) is 9.63. The van der Waals surface area contributed by atoms with Crippen molar-refractivity contribution in [3.05, 3.63) is 32.7 Å². The average Bonchev–Trinajstić information content (AvgIpc) is 3.27. The second kappa shape index (κ2) is 7.55. The minimum atomic E-state index is 0.208. The highest BCUT2D eigenvalue weighted by Gasteiger charge is 2.20. The third-order valence-corrected chi connectivity index (χ3v) is 4.12. The summed E-state index contributed by atoms with van der Waals surface area (Å²) >= 11 is 14.8. The van der Waals surface area contributed by atoms with Crippen LogP contribution < -0.4 is 14.8 Å². The van der Waals surface area contributed by atoms with E-state index in [1.807, 2.05) is 12.1 Å². The van der Waals surface area contributed by atoms with Crippen LogP contribution in [-0.2, 0) is 6.54 Å². The summed E-state index contributed by atoms with van der Waals surface area (Å²) in [7, 11) is 1.62. The van der Waals surface area contributed by atoms with E-state index in [-0.39, 0.29) is 6.61 Å². The summed E-state index contributed by atoms with van der Waals surface area (Å²) in [4.78, 5) is 0. The van der Waals surface area contributed by atoms with Crippen LogP contribution in [0.15, 0.2) is 27.2 Å². The first kappa shape index (κ1) is 16.0. The predicted molar refractivity (Wildman–Crippen MR) is 85.8 cm³/mol. The zero-order valence-corrected chi connectivity index (χ0v) is 14.2. The van der Waals surface area contributed by atoms with Gasteiger partial charge in [-0.1, -0.05) is 23.2 Å². The van der Waals surface area contributed by atoms with Gasteiger partial charge in [-0.25, -0.2) is 0 Å². The lowest BCUT2D eigenvalue weighted by molar-refractivity contribution is 0.321. The number of benzene rings is 1. The molecule has 1 aliphatic rings. The van der Waals surface area contributed by atoms with Gasteiger partial charge < -0.3 is 14.8 Å². The molecule has 1 aliphatic carbocycles. The second-order valence-electron chi connectivity index (χ2n) is 4.61. The summed E-state index contributed by atoms with van der Waals surface area (Å²) in [6, 6.07) is 4.66. The van der Waals surface area contributed by atoms with Crippen molar-refractivity contribution >= 4 is 39.1 Å². The maximum atomic E-state index is 5.82. The molecule has 0 atom stereocenters. The molecule has 1 N–H and O–H groups in total. The van der Waals surface area contributed by atoms with Gasteiger partial charge in [-0.3, -0.25) is 0 Å². The Balaban J connectivity index is 2.09. The Labute approximate surface area is 137 Å². The molecule has 0 aliphatic heterocycles. The van der Waals surface area contributed by atoms with E-state index in [9.17, 15) is 0 Å². The Morgan fingerprint density at radius 1 is 1.50 bits per heavy atom. The quantitative estimate of drug-likeness (QED) is 0.759. The first-order valence-corrected chi connectivity index (χ1v) is 7.92. The van der Waals surface area contributed by atoms with Crippen molar-refractivity contribution in [2.75, 3.05) is 13.7 Å². The molecule has 0 saturated heterocycles. The molecule has 1 saturated carbocycles. The third kappa shape index (κ3) is 4.55. The molecule has 1 aromatic carbocycles. The molecule has 2 rings (SSSR count). The van der Waals surface area contributed by atoms with Crippen molar-refractivity contribution in [1.29, 1.82) is 0 Å². The summed E-state index contributed by atoms with van der Waals surface area (Å²) < 4.78 is 11.8. The Bertz CT molecular complexity index is 504. The fraction of sp³-hybridized carbons (Fsp3) is 0.429. The molecule has 0 bridgehead atoms. The van der Waals surface area contributed by atoms with E-state index < -0.39 is 0 Å². The van der Waals surface area contributed by atoms with Crippen LogP contribution in [0.3, 0.4) is 0 Å². The minimum Gasteiger partial charge on any atom is -0.493 e. The molecule has 110 valence electrons. The van der Waals surface area contributed by atoms with Gasteiger partial charge in [0.05, 0.1) is 16.6 Å². The number of methoxy groups -OCH3 is 1. The van der Waals surface area contributed by atoms with Crippen LogP contribution in [0.25, 0.3) is 0 Å². The molecule has 0 radical (unpaired) electrons. The number of halogens is 3. The van der Waals surface area contributed by atoms with Gasteiger partial charge in [0, 0.05) is 18.1 Å². The van der Waals surface area contributed by atoms with E-state index in [0.717, 1.165) is 16.6 Å². The van der Waals surface area contributed by atoms with Gasteiger partial charge in [0.1, 0.15) is 6.61 Å². The van der Waals surface area contributed by atoms with E-state index >= 15 is 0 Å². The van der Waals surface area contributed by atoms with Crippen LogP contribution in [0.4, 0.5) is 0 Å². The molecule has 20 heavy (non-hydrogen) atoms. The van der Waals surface area contributed by atoms with Gasteiger partial charge in [0.2, 0.25) is 0 Å². The zero-order valence-electron chi connectivity index (χ0n) is 11.1. The Morgan fingerprint density at radius 2 is 2.25 bits per heavy atom. The average molecular weight is 381 g/mol. The molecule has 0 heterocycles. The maximum Gasteiger partial charge on any atom is 0.175 e. The predicted octanol–water partition coefficient (Wildman–Crippen LogP) is 4.41. The van der Waals surface area contributed by atoms with Crippen molar-refractivity contribution in [3.63, 3.8) is 0 Å². The Hall–Kier alpha value is -0.420.